The van der Waals surface area contributed by atoms with Crippen LogP contribution < -0.4 is 5.32 Å². The molecule has 0 aliphatic heterocycles. The van der Waals surface area contributed by atoms with Crippen molar-refractivity contribution in [1.29, 1.82) is 0 Å². The van der Waals surface area contributed by atoms with Crippen molar-refractivity contribution >= 4 is 42.6 Å². The van der Waals surface area contributed by atoms with E-state index in [0.717, 1.165) is 27.2 Å². The summed E-state index contributed by atoms with van der Waals surface area (Å²) < 4.78 is 2.24. The maximum absolute atomic E-state index is 4.55. The van der Waals surface area contributed by atoms with Crippen LogP contribution in [0.5, 0.6) is 0 Å². The molecule has 0 saturated heterocycles. The number of hydrogen-bond acceptors (Lipinski definition) is 4. The third-order valence-corrected chi connectivity index (χ3v) is 4.00. The molecule has 3 nitrogen and oxygen atoms in total. The first kappa shape index (κ1) is 11.6. The zero-order valence-electron chi connectivity index (χ0n) is 9.43. The highest BCUT2D eigenvalue weighted by atomic mass is 79.9. The van der Waals surface area contributed by atoms with Crippen LogP contribution in [0.4, 0.5) is 5.13 Å². The second-order valence-electron chi connectivity index (χ2n) is 3.85. The molecule has 2 heterocycles. The molecular formula is C13H10BrN3S. The number of halogens is 1. The fraction of sp³-hybridized carbons (Fsp3) is 0.0769. The predicted molar refractivity (Wildman–Crippen MR) is 78.9 cm³/mol. The standard InChI is InChI=1S/C13H10BrN3S/c14-10-3-4-12-11(6-10)17-13(18-12)16-8-9-2-1-5-15-7-9/h1-7H,8H2,(H,16,17). The van der Waals surface area contributed by atoms with E-state index in [1.807, 2.05) is 30.5 Å². The number of thiazole rings is 1. The van der Waals surface area contributed by atoms with Crippen molar-refractivity contribution in [2.75, 3.05) is 5.32 Å². The van der Waals surface area contributed by atoms with Gasteiger partial charge in [-0.05, 0) is 29.8 Å². The maximum Gasteiger partial charge on any atom is 0.184 e. The number of anilines is 1. The van der Waals surface area contributed by atoms with E-state index in [9.17, 15) is 0 Å². The van der Waals surface area contributed by atoms with Crippen LogP contribution >= 0.6 is 27.3 Å². The molecule has 0 bridgehead atoms. The Labute approximate surface area is 117 Å². The first-order chi connectivity index (χ1) is 8.81. The monoisotopic (exact) mass is 319 g/mol. The van der Waals surface area contributed by atoms with Gasteiger partial charge < -0.3 is 5.32 Å². The van der Waals surface area contributed by atoms with E-state index >= 15 is 0 Å². The number of nitrogens with zero attached hydrogens (tertiary/aromatic N) is 2. The zero-order valence-corrected chi connectivity index (χ0v) is 11.8. The number of hydrogen-bond donors (Lipinski definition) is 1. The normalized spacial score (nSPS) is 10.7. The molecule has 2 aromatic heterocycles. The molecule has 0 amide bonds. The Kier molecular flexibility index (Phi) is 3.25. The number of nitrogens with one attached hydrogen (secondary N) is 1. The Morgan fingerprint density at radius 2 is 2.22 bits per heavy atom. The molecule has 1 aromatic carbocycles. The van der Waals surface area contributed by atoms with E-state index < -0.39 is 0 Å². The van der Waals surface area contributed by atoms with Crippen LogP contribution in [0.1, 0.15) is 5.56 Å². The molecule has 3 aromatic rings. The highest BCUT2D eigenvalue weighted by Gasteiger charge is 2.03. The molecule has 5 heteroatoms. The lowest BCUT2D eigenvalue weighted by molar-refractivity contribution is 1.11. The van der Waals surface area contributed by atoms with Gasteiger partial charge in [0.05, 0.1) is 10.2 Å². The average molecular weight is 320 g/mol. The van der Waals surface area contributed by atoms with E-state index in [4.69, 9.17) is 0 Å². The third-order valence-electron chi connectivity index (χ3n) is 2.52. The van der Waals surface area contributed by atoms with Crippen LogP contribution in [0.2, 0.25) is 0 Å². The van der Waals surface area contributed by atoms with Gasteiger partial charge in [-0.15, -0.1) is 0 Å². The van der Waals surface area contributed by atoms with Gasteiger partial charge in [-0.25, -0.2) is 4.98 Å². The quantitative estimate of drug-likeness (QED) is 0.790. The van der Waals surface area contributed by atoms with Gasteiger partial charge in [0.25, 0.3) is 0 Å². The van der Waals surface area contributed by atoms with Crippen molar-refractivity contribution in [1.82, 2.24) is 9.97 Å². The number of pyridine rings is 1. The lowest BCUT2D eigenvalue weighted by atomic mass is 10.3. The van der Waals surface area contributed by atoms with Gasteiger partial charge in [-0.1, -0.05) is 33.3 Å². The van der Waals surface area contributed by atoms with Crippen molar-refractivity contribution < 1.29 is 0 Å². The number of fused-ring (bicyclic) bond motifs is 1. The van der Waals surface area contributed by atoms with Crippen molar-refractivity contribution in [3.8, 4) is 0 Å². The molecule has 1 N–H and O–H groups in total. The van der Waals surface area contributed by atoms with E-state index in [2.05, 4.69) is 37.3 Å². The van der Waals surface area contributed by atoms with Gasteiger partial charge in [-0.3, -0.25) is 4.98 Å². The lowest BCUT2D eigenvalue weighted by Gasteiger charge is -2.00. The molecular weight excluding hydrogens is 310 g/mol. The first-order valence-corrected chi connectivity index (χ1v) is 7.11. The lowest BCUT2D eigenvalue weighted by Crippen LogP contribution is -1.98. The molecule has 0 unspecified atom stereocenters. The zero-order chi connectivity index (χ0) is 12.4. The summed E-state index contributed by atoms with van der Waals surface area (Å²) in [5.74, 6) is 0. The fourth-order valence-electron chi connectivity index (χ4n) is 1.66. The van der Waals surface area contributed by atoms with Gasteiger partial charge in [0, 0.05) is 23.4 Å². The second-order valence-corrected chi connectivity index (χ2v) is 5.79. The Morgan fingerprint density at radius 3 is 3.06 bits per heavy atom. The molecule has 0 spiro atoms. The highest BCUT2D eigenvalue weighted by Crippen LogP contribution is 2.28. The summed E-state index contributed by atoms with van der Waals surface area (Å²) in [6, 6.07) is 10.1. The molecule has 90 valence electrons. The Morgan fingerprint density at radius 1 is 1.28 bits per heavy atom. The van der Waals surface area contributed by atoms with E-state index in [0.29, 0.717) is 0 Å². The van der Waals surface area contributed by atoms with Gasteiger partial charge in [-0.2, -0.15) is 0 Å². The molecule has 3 rings (SSSR count). The molecule has 0 aliphatic carbocycles. The van der Waals surface area contributed by atoms with Crippen LogP contribution in [0.15, 0.2) is 47.2 Å². The van der Waals surface area contributed by atoms with Crippen LogP contribution in [0, 0.1) is 0 Å². The van der Waals surface area contributed by atoms with Gasteiger partial charge in [0.15, 0.2) is 5.13 Å². The molecule has 0 aliphatic rings. The second kappa shape index (κ2) is 5.04. The summed E-state index contributed by atoms with van der Waals surface area (Å²) >= 11 is 5.12. The summed E-state index contributed by atoms with van der Waals surface area (Å²) in [6.45, 7) is 0.745. The minimum atomic E-state index is 0.745. The number of aromatic nitrogens is 2. The van der Waals surface area contributed by atoms with Gasteiger partial charge in [0.2, 0.25) is 0 Å². The van der Waals surface area contributed by atoms with E-state index in [1.54, 1.807) is 17.5 Å². The smallest absolute Gasteiger partial charge is 0.184 e. The number of benzene rings is 1. The highest BCUT2D eigenvalue weighted by molar-refractivity contribution is 9.10. The van der Waals surface area contributed by atoms with Gasteiger partial charge >= 0.3 is 0 Å². The Hall–Kier alpha value is -1.46. The summed E-state index contributed by atoms with van der Waals surface area (Å²) in [4.78, 5) is 8.63. The van der Waals surface area contributed by atoms with Gasteiger partial charge in [0.1, 0.15) is 0 Å². The molecule has 0 radical (unpaired) electrons. The Bertz CT molecular complexity index is 666. The first-order valence-electron chi connectivity index (χ1n) is 5.50. The van der Waals surface area contributed by atoms with E-state index in [-0.39, 0.29) is 0 Å². The summed E-state index contributed by atoms with van der Waals surface area (Å²) in [5, 5.41) is 4.26. The van der Waals surface area contributed by atoms with Crippen molar-refractivity contribution in [3.63, 3.8) is 0 Å². The van der Waals surface area contributed by atoms with Crippen LogP contribution in [-0.4, -0.2) is 9.97 Å². The molecule has 18 heavy (non-hydrogen) atoms. The van der Waals surface area contributed by atoms with Crippen LogP contribution in [-0.2, 0) is 6.54 Å². The fourth-order valence-corrected chi connectivity index (χ4v) is 2.85. The minimum Gasteiger partial charge on any atom is -0.357 e. The Balaban J connectivity index is 1.79. The summed E-state index contributed by atoms with van der Waals surface area (Å²) in [5.41, 5.74) is 2.17. The summed E-state index contributed by atoms with van der Waals surface area (Å²) in [6.07, 6.45) is 3.63. The predicted octanol–water partition coefficient (Wildman–Crippen LogP) is 4.07. The molecule has 0 fully saturated rings. The largest absolute Gasteiger partial charge is 0.357 e. The van der Waals surface area contributed by atoms with Crippen molar-refractivity contribution in [2.24, 2.45) is 0 Å². The van der Waals surface area contributed by atoms with Crippen molar-refractivity contribution in [2.45, 2.75) is 6.54 Å². The third kappa shape index (κ3) is 2.52. The topological polar surface area (TPSA) is 37.8 Å². The number of rotatable bonds is 3. The average Bonchev–Trinajstić information content (AvgIpc) is 2.79. The van der Waals surface area contributed by atoms with Crippen LogP contribution in [0.25, 0.3) is 10.2 Å². The molecule has 0 saturated carbocycles. The minimum absolute atomic E-state index is 0.745. The maximum atomic E-state index is 4.55. The molecule has 0 atom stereocenters. The SMILES string of the molecule is Brc1ccc2sc(NCc3cccnc3)nc2c1. The summed E-state index contributed by atoms with van der Waals surface area (Å²) in [7, 11) is 0. The van der Waals surface area contributed by atoms with Crippen LogP contribution in [0.3, 0.4) is 0 Å². The van der Waals surface area contributed by atoms with E-state index in [1.165, 1.54) is 4.70 Å². The van der Waals surface area contributed by atoms with Crippen molar-refractivity contribution in [3.05, 3.63) is 52.8 Å².